The number of alkyl carbamates (subject to hydrolysis) is 1. The second kappa shape index (κ2) is 11.5. The van der Waals surface area contributed by atoms with Gasteiger partial charge in [-0.1, -0.05) is 13.3 Å². The molecule has 1 unspecified atom stereocenters. The van der Waals surface area contributed by atoms with Gasteiger partial charge >= 0.3 is 18.3 Å². The van der Waals surface area contributed by atoms with Crippen LogP contribution in [-0.2, 0) is 30.4 Å². The molecule has 10 nitrogen and oxygen atoms in total. The van der Waals surface area contributed by atoms with Crippen LogP contribution in [0.3, 0.4) is 0 Å². The van der Waals surface area contributed by atoms with Crippen LogP contribution >= 0.6 is 11.8 Å². The summed E-state index contributed by atoms with van der Waals surface area (Å²) >= 11 is 1.70. The number of amides is 1. The number of hydrogen-bond donors (Lipinski definition) is 1. The van der Waals surface area contributed by atoms with Crippen LogP contribution in [0.1, 0.15) is 70.6 Å². The maximum atomic E-state index is 13.3. The molecule has 0 bridgehead atoms. The summed E-state index contributed by atoms with van der Waals surface area (Å²) in [7, 11) is 0. The maximum Gasteiger partial charge on any atom is 0.451 e. The third-order valence-corrected chi connectivity index (χ3v) is 7.32. The van der Waals surface area contributed by atoms with Crippen LogP contribution in [0.5, 0.6) is 6.01 Å². The Balaban J connectivity index is 1.41. The number of alkyl halides is 3. The van der Waals surface area contributed by atoms with Gasteiger partial charge in [-0.15, -0.1) is 22.0 Å². The Morgan fingerprint density at radius 2 is 1.95 bits per heavy atom. The lowest BCUT2D eigenvalue weighted by molar-refractivity contribution is -0.147. The zero-order valence-corrected chi connectivity index (χ0v) is 22.9. The van der Waals surface area contributed by atoms with E-state index < -0.39 is 23.7 Å². The van der Waals surface area contributed by atoms with Crippen LogP contribution in [0.4, 0.5) is 23.8 Å². The smallest absolute Gasteiger partial charge is 0.451 e. The van der Waals surface area contributed by atoms with Crippen molar-refractivity contribution in [1.82, 2.24) is 30.0 Å². The molecule has 210 valence electrons. The van der Waals surface area contributed by atoms with Crippen LogP contribution in [0.15, 0.2) is 5.03 Å². The van der Waals surface area contributed by atoms with Crippen molar-refractivity contribution in [3.63, 3.8) is 0 Å². The molecule has 4 rings (SSSR count). The first-order valence-electron chi connectivity index (χ1n) is 12.9. The average Bonchev–Trinajstić information content (AvgIpc) is 3.43. The number of halogens is 3. The zero-order valence-electron chi connectivity index (χ0n) is 22.1. The van der Waals surface area contributed by atoms with Crippen LogP contribution in [0.25, 0.3) is 0 Å². The van der Waals surface area contributed by atoms with Gasteiger partial charge in [0.15, 0.2) is 5.82 Å². The van der Waals surface area contributed by atoms with Gasteiger partial charge < -0.3 is 24.3 Å². The van der Waals surface area contributed by atoms with Crippen molar-refractivity contribution in [2.24, 2.45) is 0 Å². The van der Waals surface area contributed by atoms with E-state index in [2.05, 4.69) is 32.4 Å². The Hall–Kier alpha value is -2.77. The molecule has 0 saturated heterocycles. The summed E-state index contributed by atoms with van der Waals surface area (Å²) in [6, 6.07) is 0.242. The number of nitrogens with one attached hydrogen (secondary N) is 1. The van der Waals surface area contributed by atoms with Gasteiger partial charge in [-0.2, -0.15) is 23.1 Å². The van der Waals surface area contributed by atoms with Crippen molar-refractivity contribution in [3.8, 4) is 6.01 Å². The predicted molar refractivity (Wildman–Crippen MR) is 135 cm³/mol. The molecular formula is C24H34F3N7O3S. The average molecular weight is 558 g/mol. The van der Waals surface area contributed by atoms with E-state index >= 15 is 0 Å². The van der Waals surface area contributed by atoms with E-state index in [-0.39, 0.29) is 24.9 Å². The van der Waals surface area contributed by atoms with Gasteiger partial charge in [0.2, 0.25) is 5.82 Å². The number of hydrogen-bond acceptors (Lipinski definition) is 9. The van der Waals surface area contributed by atoms with E-state index in [4.69, 9.17) is 9.47 Å². The van der Waals surface area contributed by atoms with Crippen molar-refractivity contribution in [3.05, 3.63) is 17.2 Å². The number of rotatable bonds is 9. The molecule has 0 saturated carbocycles. The predicted octanol–water partition coefficient (Wildman–Crippen LogP) is 4.61. The normalized spacial score (nSPS) is 17.2. The molecule has 1 N–H and O–H groups in total. The molecule has 1 amide bonds. The first-order valence-corrected chi connectivity index (χ1v) is 13.7. The van der Waals surface area contributed by atoms with E-state index in [1.807, 2.05) is 25.7 Å². The van der Waals surface area contributed by atoms with E-state index in [0.717, 1.165) is 34.4 Å². The molecular weight excluding hydrogens is 523 g/mol. The van der Waals surface area contributed by atoms with Gasteiger partial charge in [-0.3, -0.25) is 0 Å². The van der Waals surface area contributed by atoms with Crippen molar-refractivity contribution in [2.75, 3.05) is 24.6 Å². The summed E-state index contributed by atoms with van der Waals surface area (Å²) in [6.07, 6.45) is -0.762. The van der Waals surface area contributed by atoms with E-state index in [0.29, 0.717) is 43.6 Å². The lowest BCUT2D eigenvalue weighted by Gasteiger charge is -2.30. The summed E-state index contributed by atoms with van der Waals surface area (Å²) in [6.45, 7) is 9.01. The minimum absolute atomic E-state index is 0.113. The summed E-state index contributed by atoms with van der Waals surface area (Å²) in [4.78, 5) is 23.0. The Morgan fingerprint density at radius 3 is 2.66 bits per heavy atom. The molecule has 2 aromatic heterocycles. The number of carbonyl (C=O) groups is 1. The number of nitrogens with zero attached hydrogens (tertiary/aromatic N) is 6. The van der Waals surface area contributed by atoms with Crippen LogP contribution in [0.2, 0.25) is 0 Å². The maximum absolute atomic E-state index is 13.3. The number of anilines is 1. The first kappa shape index (κ1) is 28.2. The van der Waals surface area contributed by atoms with Crippen molar-refractivity contribution in [1.29, 1.82) is 0 Å². The van der Waals surface area contributed by atoms with Crippen molar-refractivity contribution >= 4 is 23.7 Å². The Morgan fingerprint density at radius 1 is 1.16 bits per heavy atom. The fourth-order valence-corrected chi connectivity index (χ4v) is 5.76. The fraction of sp³-hybridized carbons (Fsp3) is 0.708. The molecule has 4 heterocycles. The van der Waals surface area contributed by atoms with Gasteiger partial charge in [-0.05, 0) is 46.5 Å². The molecule has 0 spiro atoms. The summed E-state index contributed by atoms with van der Waals surface area (Å²) < 4.78 is 52.1. The highest BCUT2D eigenvalue weighted by Crippen LogP contribution is 2.43. The largest absolute Gasteiger partial charge is 0.463 e. The number of aromatic nitrogens is 5. The number of carbonyl (C=O) groups excluding carboxylic acids is 1. The lowest BCUT2D eigenvalue weighted by atomic mass is 10.1. The summed E-state index contributed by atoms with van der Waals surface area (Å²) in [5, 5.41) is 11.1. The highest BCUT2D eigenvalue weighted by Gasteiger charge is 2.40. The molecule has 0 aliphatic carbocycles. The number of ether oxygens (including phenoxy) is 2. The molecule has 1 atom stereocenters. The number of unbranched alkanes of at least 4 members (excludes halogenated alkanes) is 1. The van der Waals surface area contributed by atoms with Gasteiger partial charge in [0.25, 0.3) is 0 Å². The molecule has 14 heteroatoms. The third-order valence-electron chi connectivity index (χ3n) is 6.02. The summed E-state index contributed by atoms with van der Waals surface area (Å²) in [5.41, 5.74) is 0.459. The quantitative estimate of drug-likeness (QED) is 0.349. The third kappa shape index (κ3) is 7.00. The highest BCUT2D eigenvalue weighted by atomic mass is 32.2. The first-order chi connectivity index (χ1) is 17.9. The van der Waals surface area contributed by atoms with Crippen molar-refractivity contribution < 1.29 is 27.4 Å². The minimum Gasteiger partial charge on any atom is -0.463 e. The molecule has 38 heavy (non-hydrogen) atoms. The zero-order chi connectivity index (χ0) is 27.5. The Kier molecular flexibility index (Phi) is 8.58. The molecule has 2 aromatic rings. The molecule has 2 aliphatic rings. The van der Waals surface area contributed by atoms with E-state index in [1.54, 1.807) is 11.8 Å². The van der Waals surface area contributed by atoms with Crippen LogP contribution in [0, 0.1) is 0 Å². The fourth-order valence-electron chi connectivity index (χ4n) is 4.39. The Bertz CT molecular complexity index is 1140. The highest BCUT2D eigenvalue weighted by molar-refractivity contribution is 8.00. The topological polar surface area (TPSA) is 107 Å². The van der Waals surface area contributed by atoms with E-state index in [1.165, 1.54) is 0 Å². The van der Waals surface area contributed by atoms with Crippen LogP contribution in [-0.4, -0.2) is 61.4 Å². The lowest BCUT2D eigenvalue weighted by Crippen LogP contribution is -2.36. The second-order valence-corrected chi connectivity index (χ2v) is 11.6. The van der Waals surface area contributed by atoms with Gasteiger partial charge in [0.1, 0.15) is 16.4 Å². The summed E-state index contributed by atoms with van der Waals surface area (Å²) in [5.74, 6) is -0.0269. The van der Waals surface area contributed by atoms with Gasteiger partial charge in [0.05, 0.1) is 13.2 Å². The molecule has 0 radical (unpaired) electrons. The second-order valence-electron chi connectivity index (χ2n) is 10.3. The van der Waals surface area contributed by atoms with E-state index in [9.17, 15) is 18.0 Å². The SMILES string of the molecule is CCCC1Cc2c(nc(OCCCCNC(=O)OC(C)(C)C)nc2N2CCn3c(nnc3C(F)(F)F)C2)S1. The monoisotopic (exact) mass is 557 g/mol. The molecule has 2 aliphatic heterocycles. The minimum atomic E-state index is -4.54. The number of fused-ring (bicyclic) bond motifs is 2. The van der Waals surface area contributed by atoms with Crippen LogP contribution < -0.4 is 15.0 Å². The standard InChI is InChI=1S/C24H34F3N7O3S/c1-5-8-15-13-16-18(33-10-11-34-17(14-33)31-32-20(34)24(25,26)27)29-21(30-19(16)38-15)36-12-7-6-9-28-22(35)37-23(2,3)4/h15H,5-14H2,1-4H3,(H,28,35). The Labute approximate surface area is 224 Å². The molecule has 0 fully saturated rings. The number of thioether (sulfide) groups is 1. The van der Waals surface area contributed by atoms with Gasteiger partial charge in [-0.25, -0.2) is 4.79 Å². The van der Waals surface area contributed by atoms with Crippen molar-refractivity contribution in [2.45, 2.75) is 94.9 Å². The molecule has 0 aromatic carbocycles. The van der Waals surface area contributed by atoms with Gasteiger partial charge in [0, 0.05) is 30.4 Å².